The van der Waals surface area contributed by atoms with Crippen molar-refractivity contribution in [1.82, 2.24) is 20.1 Å². The number of benzene rings is 2. The van der Waals surface area contributed by atoms with Gasteiger partial charge in [-0.1, -0.05) is 30.8 Å². The number of aromatic nitrogens is 3. The summed E-state index contributed by atoms with van der Waals surface area (Å²) in [7, 11) is -2.96. The molecule has 0 amide bonds. The molecule has 8 heteroatoms. The second-order valence-electron chi connectivity index (χ2n) is 7.78. The first-order valence-electron chi connectivity index (χ1n) is 10.2. The van der Waals surface area contributed by atoms with Gasteiger partial charge in [-0.05, 0) is 41.5 Å². The average molecular weight is 434 g/mol. The Bertz CT molecular complexity index is 1390. The maximum atomic E-state index is 12.0. The number of fused-ring (bicyclic) bond motifs is 2. The Balaban J connectivity index is 1.44. The third-order valence-electron chi connectivity index (χ3n) is 5.71. The number of nitrogens with zero attached hydrogens (tertiary/aromatic N) is 3. The van der Waals surface area contributed by atoms with E-state index in [-0.39, 0.29) is 11.5 Å². The van der Waals surface area contributed by atoms with Crippen LogP contribution in [0.15, 0.2) is 61.3 Å². The molecule has 31 heavy (non-hydrogen) atoms. The minimum atomic E-state index is -2.96. The van der Waals surface area contributed by atoms with Gasteiger partial charge < -0.3 is 10.2 Å². The van der Waals surface area contributed by atoms with Gasteiger partial charge in [-0.25, -0.2) is 8.42 Å². The van der Waals surface area contributed by atoms with E-state index < -0.39 is 9.84 Å². The first-order valence-corrected chi connectivity index (χ1v) is 12.1. The van der Waals surface area contributed by atoms with Crippen LogP contribution in [0.25, 0.3) is 27.5 Å². The first kappa shape index (κ1) is 19.6. The predicted octanol–water partition coefficient (Wildman–Crippen LogP) is 3.95. The Morgan fingerprint density at radius 2 is 2.00 bits per heavy atom. The lowest BCUT2D eigenvalue weighted by Gasteiger charge is -2.25. The van der Waals surface area contributed by atoms with Crippen LogP contribution in [0.5, 0.6) is 0 Å². The van der Waals surface area contributed by atoms with E-state index >= 15 is 0 Å². The number of nitrogens with one attached hydrogen (secondary N) is 2. The third-order valence-corrected chi connectivity index (χ3v) is 7.43. The second kappa shape index (κ2) is 7.70. The van der Waals surface area contributed by atoms with Gasteiger partial charge in [0.1, 0.15) is 5.52 Å². The summed E-state index contributed by atoms with van der Waals surface area (Å²) in [5.41, 5.74) is 4.47. The summed E-state index contributed by atoms with van der Waals surface area (Å²) in [6, 6.07) is 16.1. The van der Waals surface area contributed by atoms with Gasteiger partial charge in [0, 0.05) is 36.2 Å². The summed E-state index contributed by atoms with van der Waals surface area (Å²) >= 11 is 0. The SMILES string of the molecule is C=C(c1cccc2cc(Nc3n[nH]c4cccnc34)ccc12)N1CCCS(=O)(=O)CC1. The number of hydrogen-bond donors (Lipinski definition) is 2. The molecule has 0 aliphatic carbocycles. The molecule has 1 saturated heterocycles. The van der Waals surface area contributed by atoms with Crippen LogP contribution in [-0.2, 0) is 9.84 Å². The number of anilines is 2. The normalized spacial score (nSPS) is 16.3. The summed E-state index contributed by atoms with van der Waals surface area (Å²) in [5.74, 6) is 1.11. The number of pyridine rings is 1. The van der Waals surface area contributed by atoms with Crippen molar-refractivity contribution in [2.45, 2.75) is 6.42 Å². The Morgan fingerprint density at radius 1 is 1.10 bits per heavy atom. The topological polar surface area (TPSA) is 91.0 Å². The van der Waals surface area contributed by atoms with Crippen LogP contribution in [0, 0.1) is 0 Å². The minimum Gasteiger partial charge on any atom is -0.370 e. The molecule has 1 aliphatic rings. The molecule has 0 unspecified atom stereocenters. The molecular formula is C23H23N5O2S. The van der Waals surface area contributed by atoms with Gasteiger partial charge in [0.2, 0.25) is 0 Å². The smallest absolute Gasteiger partial charge is 0.178 e. The highest BCUT2D eigenvalue weighted by Gasteiger charge is 2.21. The lowest BCUT2D eigenvalue weighted by Crippen LogP contribution is -2.25. The zero-order chi connectivity index (χ0) is 21.4. The number of aromatic amines is 1. The molecule has 0 spiro atoms. The molecule has 4 aromatic rings. The summed E-state index contributed by atoms with van der Waals surface area (Å²) in [6.07, 6.45) is 2.38. The van der Waals surface area contributed by atoms with Gasteiger partial charge >= 0.3 is 0 Å². The second-order valence-corrected chi connectivity index (χ2v) is 10.1. The van der Waals surface area contributed by atoms with Gasteiger partial charge in [0.15, 0.2) is 15.7 Å². The van der Waals surface area contributed by atoms with Crippen LogP contribution in [-0.4, -0.2) is 53.1 Å². The van der Waals surface area contributed by atoms with Crippen LogP contribution in [0.4, 0.5) is 11.5 Å². The van der Waals surface area contributed by atoms with E-state index in [0.717, 1.165) is 38.8 Å². The van der Waals surface area contributed by atoms with Crippen LogP contribution < -0.4 is 5.32 Å². The standard InChI is InChI=1S/C23H23N5O2S/c1-16(28-11-4-13-31(29,30)14-12-28)19-6-2-5-17-15-18(8-9-20(17)19)25-23-22-21(26-27-23)7-3-10-24-22/h2-3,5-10,15H,1,4,11-14H2,(H2,25,26,27). The maximum absolute atomic E-state index is 12.0. The Labute approximate surface area is 180 Å². The van der Waals surface area contributed by atoms with E-state index in [1.165, 1.54) is 0 Å². The summed E-state index contributed by atoms with van der Waals surface area (Å²) in [5, 5.41) is 12.8. The molecule has 158 valence electrons. The molecular weight excluding hydrogens is 410 g/mol. The lowest BCUT2D eigenvalue weighted by atomic mass is 10.0. The van der Waals surface area contributed by atoms with Crippen molar-refractivity contribution in [2.24, 2.45) is 0 Å². The number of H-pyrrole nitrogens is 1. The van der Waals surface area contributed by atoms with Crippen molar-refractivity contribution < 1.29 is 8.42 Å². The molecule has 1 fully saturated rings. The number of sulfone groups is 1. The molecule has 0 radical (unpaired) electrons. The average Bonchev–Trinajstić information content (AvgIpc) is 3.08. The monoisotopic (exact) mass is 433 g/mol. The molecule has 1 aliphatic heterocycles. The Hall–Kier alpha value is -3.39. The van der Waals surface area contributed by atoms with Gasteiger partial charge in [0.25, 0.3) is 0 Å². The molecule has 0 saturated carbocycles. The zero-order valence-electron chi connectivity index (χ0n) is 17.0. The fourth-order valence-corrected chi connectivity index (χ4v) is 5.34. The summed E-state index contributed by atoms with van der Waals surface area (Å²) in [4.78, 5) is 6.48. The van der Waals surface area contributed by atoms with Crippen molar-refractivity contribution >= 4 is 48.8 Å². The van der Waals surface area contributed by atoms with Gasteiger partial charge in [-0.2, -0.15) is 5.10 Å². The van der Waals surface area contributed by atoms with E-state index in [2.05, 4.69) is 50.2 Å². The van der Waals surface area contributed by atoms with E-state index in [1.807, 2.05) is 30.3 Å². The molecule has 2 aromatic heterocycles. The number of rotatable bonds is 4. The quantitative estimate of drug-likeness (QED) is 0.506. The molecule has 5 rings (SSSR count). The summed E-state index contributed by atoms with van der Waals surface area (Å²) in [6.45, 7) is 5.48. The van der Waals surface area contributed by atoms with Crippen molar-refractivity contribution in [3.8, 4) is 0 Å². The predicted molar refractivity (Wildman–Crippen MR) is 125 cm³/mol. The maximum Gasteiger partial charge on any atom is 0.178 e. The number of hydrogen-bond acceptors (Lipinski definition) is 6. The van der Waals surface area contributed by atoms with Gasteiger partial charge in [-0.3, -0.25) is 10.1 Å². The molecule has 0 bridgehead atoms. The van der Waals surface area contributed by atoms with Gasteiger partial charge in [-0.15, -0.1) is 0 Å². The highest BCUT2D eigenvalue weighted by molar-refractivity contribution is 7.91. The van der Waals surface area contributed by atoms with Crippen molar-refractivity contribution in [3.05, 3.63) is 66.9 Å². The van der Waals surface area contributed by atoms with Crippen molar-refractivity contribution in [2.75, 3.05) is 29.9 Å². The lowest BCUT2D eigenvalue weighted by molar-refractivity contribution is 0.429. The molecule has 2 aromatic carbocycles. The first-order chi connectivity index (χ1) is 15.0. The third kappa shape index (κ3) is 3.86. The molecule has 7 nitrogen and oxygen atoms in total. The van der Waals surface area contributed by atoms with Crippen LogP contribution in [0.1, 0.15) is 12.0 Å². The van der Waals surface area contributed by atoms with E-state index in [4.69, 9.17) is 0 Å². The molecule has 2 N–H and O–H groups in total. The molecule has 0 atom stereocenters. The van der Waals surface area contributed by atoms with Crippen LogP contribution in [0.3, 0.4) is 0 Å². The van der Waals surface area contributed by atoms with Crippen molar-refractivity contribution in [1.29, 1.82) is 0 Å². The van der Waals surface area contributed by atoms with E-state index in [9.17, 15) is 8.42 Å². The van der Waals surface area contributed by atoms with Gasteiger partial charge in [0.05, 0.1) is 17.0 Å². The highest BCUT2D eigenvalue weighted by atomic mass is 32.2. The minimum absolute atomic E-state index is 0.177. The van der Waals surface area contributed by atoms with Crippen LogP contribution >= 0.6 is 0 Å². The Morgan fingerprint density at radius 3 is 2.90 bits per heavy atom. The largest absolute Gasteiger partial charge is 0.370 e. The fraction of sp³-hybridized carbons (Fsp3) is 0.217. The fourth-order valence-electron chi connectivity index (χ4n) is 4.07. The highest BCUT2D eigenvalue weighted by Crippen LogP contribution is 2.30. The van der Waals surface area contributed by atoms with E-state index in [0.29, 0.717) is 25.3 Å². The Kier molecular flexibility index (Phi) is 4.86. The molecule has 3 heterocycles. The zero-order valence-corrected chi connectivity index (χ0v) is 17.8. The van der Waals surface area contributed by atoms with E-state index in [1.54, 1.807) is 6.20 Å². The van der Waals surface area contributed by atoms with Crippen molar-refractivity contribution in [3.63, 3.8) is 0 Å². The van der Waals surface area contributed by atoms with Crippen LogP contribution in [0.2, 0.25) is 0 Å². The summed E-state index contributed by atoms with van der Waals surface area (Å²) < 4.78 is 23.9.